The number of ether oxygens (including phenoxy) is 2. The summed E-state index contributed by atoms with van der Waals surface area (Å²) in [6.45, 7) is 6.00. The number of hydrogen-bond donors (Lipinski definition) is 1. The van der Waals surface area contributed by atoms with Gasteiger partial charge in [0.25, 0.3) is 0 Å². The summed E-state index contributed by atoms with van der Waals surface area (Å²) in [5, 5.41) is 2.90. The maximum absolute atomic E-state index is 12.7. The van der Waals surface area contributed by atoms with Crippen LogP contribution >= 0.6 is 0 Å². The molecule has 1 aromatic rings. The lowest BCUT2D eigenvalue weighted by Gasteiger charge is -2.38. The van der Waals surface area contributed by atoms with Crippen LogP contribution in [0, 0.1) is 6.92 Å². The molecule has 2 saturated heterocycles. The molecule has 0 aliphatic carbocycles. The topological polar surface area (TPSA) is 67.9 Å². The van der Waals surface area contributed by atoms with Gasteiger partial charge in [0.2, 0.25) is 11.8 Å². The van der Waals surface area contributed by atoms with E-state index in [0.717, 1.165) is 11.1 Å². The number of carbonyl (C=O) groups excluding carboxylic acids is 2. The Morgan fingerprint density at radius 3 is 2.32 bits per heavy atom. The number of carbonyl (C=O) groups is 2. The van der Waals surface area contributed by atoms with Crippen LogP contribution in [-0.4, -0.2) is 48.8 Å². The molecule has 1 aromatic carbocycles. The van der Waals surface area contributed by atoms with Crippen molar-refractivity contribution < 1.29 is 19.1 Å². The summed E-state index contributed by atoms with van der Waals surface area (Å²) in [5.74, 6) is -0.569. The summed E-state index contributed by atoms with van der Waals surface area (Å²) in [4.78, 5) is 26.1. The molecule has 2 amide bonds. The molecule has 1 spiro atoms. The van der Waals surface area contributed by atoms with E-state index >= 15 is 0 Å². The SMILES string of the molecule is CC(=O)NC(CC(=O)N1CCC2(CC1)OCCO2)c1ccc(C)cc1. The lowest BCUT2D eigenvalue weighted by molar-refractivity contribution is -0.187. The van der Waals surface area contributed by atoms with Crippen molar-refractivity contribution in [2.75, 3.05) is 26.3 Å². The molecular weight excluding hydrogens is 320 g/mol. The predicted molar refractivity (Wildman–Crippen MR) is 92.8 cm³/mol. The minimum Gasteiger partial charge on any atom is -0.349 e. The van der Waals surface area contributed by atoms with Crippen molar-refractivity contribution >= 4 is 11.8 Å². The fraction of sp³-hybridized carbons (Fsp3) is 0.579. The fourth-order valence-corrected chi connectivity index (χ4v) is 3.48. The minimum absolute atomic E-state index is 0.0483. The number of piperidine rings is 1. The van der Waals surface area contributed by atoms with Crippen molar-refractivity contribution in [3.05, 3.63) is 35.4 Å². The Labute approximate surface area is 148 Å². The van der Waals surface area contributed by atoms with Crippen molar-refractivity contribution in [2.45, 2.75) is 44.9 Å². The molecule has 25 heavy (non-hydrogen) atoms. The third-order valence-electron chi connectivity index (χ3n) is 4.93. The van der Waals surface area contributed by atoms with E-state index in [4.69, 9.17) is 9.47 Å². The number of nitrogens with one attached hydrogen (secondary N) is 1. The highest BCUT2D eigenvalue weighted by atomic mass is 16.7. The van der Waals surface area contributed by atoms with Crippen molar-refractivity contribution in [3.63, 3.8) is 0 Å². The Bertz CT molecular complexity index is 613. The molecule has 1 unspecified atom stereocenters. The lowest BCUT2D eigenvalue weighted by atomic mass is 9.99. The highest BCUT2D eigenvalue weighted by molar-refractivity contribution is 5.79. The number of hydrogen-bond acceptors (Lipinski definition) is 4. The van der Waals surface area contributed by atoms with Crippen LogP contribution in [0.2, 0.25) is 0 Å². The number of amides is 2. The summed E-state index contributed by atoms with van der Waals surface area (Å²) >= 11 is 0. The van der Waals surface area contributed by atoms with E-state index in [2.05, 4.69) is 5.32 Å². The zero-order chi connectivity index (χ0) is 17.9. The van der Waals surface area contributed by atoms with Crippen LogP contribution in [-0.2, 0) is 19.1 Å². The Morgan fingerprint density at radius 1 is 1.16 bits per heavy atom. The van der Waals surface area contributed by atoms with Gasteiger partial charge in [-0.1, -0.05) is 29.8 Å². The van der Waals surface area contributed by atoms with Gasteiger partial charge >= 0.3 is 0 Å². The van der Waals surface area contributed by atoms with E-state index in [1.165, 1.54) is 6.92 Å². The summed E-state index contributed by atoms with van der Waals surface area (Å²) in [6, 6.07) is 7.62. The van der Waals surface area contributed by atoms with E-state index in [9.17, 15) is 9.59 Å². The molecule has 1 N–H and O–H groups in total. The van der Waals surface area contributed by atoms with E-state index in [1.807, 2.05) is 36.1 Å². The third kappa shape index (κ3) is 4.38. The maximum Gasteiger partial charge on any atom is 0.224 e. The van der Waals surface area contributed by atoms with Gasteiger partial charge < -0.3 is 19.7 Å². The van der Waals surface area contributed by atoms with Gasteiger partial charge in [0.15, 0.2) is 5.79 Å². The molecule has 6 heteroatoms. The van der Waals surface area contributed by atoms with Crippen molar-refractivity contribution in [3.8, 4) is 0 Å². The fourth-order valence-electron chi connectivity index (χ4n) is 3.48. The molecule has 2 fully saturated rings. The second-order valence-electron chi connectivity index (χ2n) is 6.86. The summed E-state index contributed by atoms with van der Waals surface area (Å²) < 4.78 is 11.4. The zero-order valence-corrected chi connectivity index (χ0v) is 14.9. The van der Waals surface area contributed by atoms with E-state index in [0.29, 0.717) is 39.1 Å². The van der Waals surface area contributed by atoms with Crippen molar-refractivity contribution in [1.29, 1.82) is 0 Å². The van der Waals surface area contributed by atoms with E-state index in [-0.39, 0.29) is 24.3 Å². The van der Waals surface area contributed by atoms with E-state index in [1.54, 1.807) is 0 Å². The lowest BCUT2D eigenvalue weighted by Crippen LogP contribution is -2.48. The van der Waals surface area contributed by atoms with Gasteiger partial charge in [0, 0.05) is 32.9 Å². The summed E-state index contributed by atoms with van der Waals surface area (Å²) in [6.07, 6.45) is 1.67. The van der Waals surface area contributed by atoms with Crippen molar-refractivity contribution in [2.24, 2.45) is 0 Å². The zero-order valence-electron chi connectivity index (χ0n) is 14.9. The molecule has 6 nitrogen and oxygen atoms in total. The summed E-state index contributed by atoms with van der Waals surface area (Å²) in [5.41, 5.74) is 2.10. The van der Waals surface area contributed by atoms with Crippen LogP contribution in [0.3, 0.4) is 0 Å². The molecule has 0 bridgehead atoms. The molecule has 2 aliphatic heterocycles. The second-order valence-corrected chi connectivity index (χ2v) is 6.86. The van der Waals surface area contributed by atoms with Crippen LogP contribution in [0.15, 0.2) is 24.3 Å². The molecule has 0 aromatic heterocycles. The number of rotatable bonds is 4. The Balaban J connectivity index is 1.62. The predicted octanol–water partition coefficient (Wildman–Crippen LogP) is 1.93. The largest absolute Gasteiger partial charge is 0.349 e. The second kappa shape index (κ2) is 7.54. The molecular formula is C19H26N2O4. The highest BCUT2D eigenvalue weighted by Crippen LogP contribution is 2.32. The van der Waals surface area contributed by atoms with Crippen LogP contribution in [0.1, 0.15) is 43.4 Å². The van der Waals surface area contributed by atoms with Crippen molar-refractivity contribution in [1.82, 2.24) is 10.2 Å². The Kier molecular flexibility index (Phi) is 5.39. The molecule has 2 heterocycles. The molecule has 2 aliphatic rings. The Hall–Kier alpha value is -1.92. The number of aryl methyl sites for hydroxylation is 1. The van der Waals surface area contributed by atoms with Gasteiger partial charge in [-0.05, 0) is 12.5 Å². The monoisotopic (exact) mass is 346 g/mol. The molecule has 0 radical (unpaired) electrons. The molecule has 0 saturated carbocycles. The van der Waals surface area contributed by atoms with Gasteiger partial charge in [0.05, 0.1) is 25.7 Å². The molecule has 3 rings (SSSR count). The van der Waals surface area contributed by atoms with Gasteiger partial charge in [-0.3, -0.25) is 9.59 Å². The summed E-state index contributed by atoms with van der Waals surface area (Å²) in [7, 11) is 0. The first-order chi connectivity index (χ1) is 12.0. The molecule has 1 atom stereocenters. The first-order valence-electron chi connectivity index (χ1n) is 8.87. The van der Waals surface area contributed by atoms with Gasteiger partial charge in [0.1, 0.15) is 0 Å². The average Bonchev–Trinajstić information content (AvgIpc) is 3.03. The smallest absolute Gasteiger partial charge is 0.224 e. The Morgan fingerprint density at radius 2 is 1.76 bits per heavy atom. The van der Waals surface area contributed by atoms with Crippen LogP contribution in [0.25, 0.3) is 0 Å². The normalized spacial score (nSPS) is 20.5. The van der Waals surface area contributed by atoms with Crippen LogP contribution in [0.5, 0.6) is 0 Å². The maximum atomic E-state index is 12.7. The number of nitrogens with zero attached hydrogens (tertiary/aromatic N) is 1. The third-order valence-corrected chi connectivity index (χ3v) is 4.93. The van der Waals surface area contributed by atoms with E-state index < -0.39 is 5.79 Å². The quantitative estimate of drug-likeness (QED) is 0.904. The molecule has 136 valence electrons. The standard InChI is InChI=1S/C19H26N2O4/c1-14-3-5-16(6-4-14)17(20-15(2)22)13-18(23)21-9-7-19(8-10-21)24-11-12-25-19/h3-6,17H,7-13H2,1-2H3,(H,20,22). The van der Waals surface area contributed by atoms with Gasteiger partial charge in [-0.15, -0.1) is 0 Å². The number of likely N-dealkylation sites (tertiary alicyclic amines) is 1. The first-order valence-corrected chi connectivity index (χ1v) is 8.87. The van der Waals surface area contributed by atoms with Crippen LogP contribution in [0.4, 0.5) is 0 Å². The van der Waals surface area contributed by atoms with Gasteiger partial charge in [-0.2, -0.15) is 0 Å². The highest BCUT2D eigenvalue weighted by Gasteiger charge is 2.40. The minimum atomic E-state index is -0.481. The average molecular weight is 346 g/mol. The first kappa shape index (κ1) is 17.9. The van der Waals surface area contributed by atoms with Gasteiger partial charge in [-0.25, -0.2) is 0 Å². The van der Waals surface area contributed by atoms with Crippen LogP contribution < -0.4 is 5.32 Å². The number of benzene rings is 1.